The second-order valence-electron chi connectivity index (χ2n) is 4.62. The van der Waals surface area contributed by atoms with Gasteiger partial charge < -0.3 is 11.1 Å². The van der Waals surface area contributed by atoms with Crippen LogP contribution in [0.25, 0.3) is 0 Å². The number of hydrogen-bond acceptors (Lipinski definition) is 5. The molecule has 3 rings (SSSR count). The number of carbonyl (C=O) groups excluding carboxylic acids is 1. The molecule has 7 heteroatoms. The van der Waals surface area contributed by atoms with Gasteiger partial charge in [0.1, 0.15) is 6.33 Å². The Morgan fingerprint density at radius 2 is 2.37 bits per heavy atom. The summed E-state index contributed by atoms with van der Waals surface area (Å²) in [6.45, 7) is 1.91. The molecule has 19 heavy (non-hydrogen) atoms. The largest absolute Gasteiger partial charge is 0.369 e. The zero-order valence-electron chi connectivity index (χ0n) is 10.4. The molecule has 0 aliphatic carbocycles. The Morgan fingerprint density at radius 3 is 3.05 bits per heavy atom. The maximum absolute atomic E-state index is 11.8. The summed E-state index contributed by atoms with van der Waals surface area (Å²) >= 11 is 0. The van der Waals surface area contributed by atoms with Crippen LogP contribution in [0.5, 0.6) is 0 Å². The monoisotopic (exact) mass is 258 g/mol. The molecule has 0 saturated heterocycles. The predicted octanol–water partition coefficient (Wildman–Crippen LogP) is 0.178. The van der Waals surface area contributed by atoms with E-state index in [9.17, 15) is 4.79 Å². The number of primary amides is 1. The molecule has 1 amide bonds. The summed E-state index contributed by atoms with van der Waals surface area (Å²) in [5.41, 5.74) is 6.45. The Hall–Kier alpha value is -2.44. The van der Waals surface area contributed by atoms with Gasteiger partial charge in [-0.1, -0.05) is 6.07 Å². The molecule has 3 atom stereocenters. The zero-order valence-corrected chi connectivity index (χ0v) is 10.4. The summed E-state index contributed by atoms with van der Waals surface area (Å²) in [5.74, 6) is -0.132. The van der Waals surface area contributed by atoms with Crippen LogP contribution in [0.2, 0.25) is 0 Å². The number of hydrogen-bond donors (Lipinski definition) is 2. The molecule has 7 nitrogen and oxygen atoms in total. The molecule has 0 bridgehead atoms. The van der Waals surface area contributed by atoms with Crippen LogP contribution >= 0.6 is 0 Å². The van der Waals surface area contributed by atoms with Crippen molar-refractivity contribution in [2.24, 2.45) is 11.7 Å². The molecule has 0 fully saturated rings. The fraction of sp³-hybridized carbons (Fsp3) is 0.333. The average molecular weight is 258 g/mol. The molecular formula is C12H14N6O. The van der Waals surface area contributed by atoms with Crippen molar-refractivity contribution in [2.75, 3.05) is 5.32 Å². The molecule has 1 aliphatic heterocycles. The van der Waals surface area contributed by atoms with Crippen LogP contribution < -0.4 is 11.1 Å². The number of carbonyl (C=O) groups is 1. The van der Waals surface area contributed by atoms with Gasteiger partial charge in [0.2, 0.25) is 11.9 Å². The van der Waals surface area contributed by atoms with Crippen LogP contribution in [-0.4, -0.2) is 31.7 Å². The number of nitrogens with two attached hydrogens (primary N) is 1. The zero-order chi connectivity index (χ0) is 13.4. The maximum atomic E-state index is 11.8. The van der Waals surface area contributed by atoms with Gasteiger partial charge in [-0.05, 0) is 18.6 Å². The van der Waals surface area contributed by atoms with E-state index < -0.39 is 5.92 Å². The third-order valence-electron chi connectivity index (χ3n) is 3.43. The van der Waals surface area contributed by atoms with Crippen molar-refractivity contribution in [1.29, 1.82) is 0 Å². The van der Waals surface area contributed by atoms with E-state index in [1.54, 1.807) is 17.1 Å². The lowest BCUT2D eigenvalue weighted by atomic mass is 9.86. The summed E-state index contributed by atoms with van der Waals surface area (Å²) < 4.78 is 1.69. The van der Waals surface area contributed by atoms with E-state index in [2.05, 4.69) is 20.4 Å². The Labute approximate surface area is 109 Å². The summed E-state index contributed by atoms with van der Waals surface area (Å²) in [7, 11) is 0. The summed E-state index contributed by atoms with van der Waals surface area (Å²) in [4.78, 5) is 20.0. The smallest absolute Gasteiger partial charge is 0.225 e. The van der Waals surface area contributed by atoms with Crippen molar-refractivity contribution in [3.8, 4) is 0 Å². The molecule has 3 unspecified atom stereocenters. The van der Waals surface area contributed by atoms with Crippen LogP contribution in [0.1, 0.15) is 18.5 Å². The van der Waals surface area contributed by atoms with E-state index >= 15 is 0 Å². The molecule has 0 saturated carbocycles. The van der Waals surface area contributed by atoms with Crippen LogP contribution in [-0.2, 0) is 4.79 Å². The quantitative estimate of drug-likeness (QED) is 0.800. The molecule has 2 aromatic rings. The van der Waals surface area contributed by atoms with Crippen molar-refractivity contribution >= 4 is 11.9 Å². The molecule has 0 spiro atoms. The lowest BCUT2D eigenvalue weighted by molar-refractivity contribution is -0.123. The van der Waals surface area contributed by atoms with E-state index in [-0.39, 0.29) is 18.0 Å². The van der Waals surface area contributed by atoms with Gasteiger partial charge in [0, 0.05) is 18.4 Å². The molecule has 3 heterocycles. The molecule has 1 aliphatic rings. The Kier molecular flexibility index (Phi) is 2.66. The second-order valence-corrected chi connectivity index (χ2v) is 4.62. The van der Waals surface area contributed by atoms with Gasteiger partial charge >= 0.3 is 0 Å². The Balaban J connectivity index is 2.14. The topological polar surface area (TPSA) is 98.7 Å². The van der Waals surface area contributed by atoms with Crippen molar-refractivity contribution in [2.45, 2.75) is 19.0 Å². The van der Waals surface area contributed by atoms with Gasteiger partial charge in [-0.2, -0.15) is 10.1 Å². The first-order valence-electron chi connectivity index (χ1n) is 6.04. The molecule has 0 aromatic carbocycles. The van der Waals surface area contributed by atoms with Gasteiger partial charge in [-0.3, -0.25) is 9.78 Å². The van der Waals surface area contributed by atoms with Gasteiger partial charge in [-0.15, -0.1) is 0 Å². The van der Waals surface area contributed by atoms with Gasteiger partial charge in [0.15, 0.2) is 0 Å². The fourth-order valence-electron chi connectivity index (χ4n) is 2.58. The third-order valence-corrected chi connectivity index (χ3v) is 3.43. The van der Waals surface area contributed by atoms with Crippen LogP contribution in [0.4, 0.5) is 5.95 Å². The first-order chi connectivity index (χ1) is 9.18. The molecule has 2 aromatic heterocycles. The second kappa shape index (κ2) is 4.34. The number of fused-ring (bicyclic) bond motifs is 1. The minimum absolute atomic E-state index is 0.112. The maximum Gasteiger partial charge on any atom is 0.225 e. The average Bonchev–Trinajstić information content (AvgIpc) is 2.85. The Bertz CT molecular complexity index is 595. The SMILES string of the molecule is CC1Nc2ncnn2C(c2cccnc2)C1C(N)=O. The van der Waals surface area contributed by atoms with E-state index in [0.717, 1.165) is 5.56 Å². The van der Waals surface area contributed by atoms with E-state index in [1.165, 1.54) is 6.33 Å². The molecule has 0 radical (unpaired) electrons. The predicted molar refractivity (Wildman–Crippen MR) is 68.2 cm³/mol. The number of aromatic nitrogens is 4. The molecular weight excluding hydrogens is 244 g/mol. The lowest BCUT2D eigenvalue weighted by Crippen LogP contribution is -2.47. The van der Waals surface area contributed by atoms with Crippen molar-refractivity contribution < 1.29 is 4.79 Å². The fourth-order valence-corrected chi connectivity index (χ4v) is 2.58. The van der Waals surface area contributed by atoms with Gasteiger partial charge in [0.05, 0.1) is 12.0 Å². The highest BCUT2D eigenvalue weighted by Crippen LogP contribution is 2.34. The van der Waals surface area contributed by atoms with E-state index in [1.807, 2.05) is 19.1 Å². The summed E-state index contributed by atoms with van der Waals surface area (Å²) in [5, 5.41) is 7.33. The van der Waals surface area contributed by atoms with E-state index in [4.69, 9.17) is 5.73 Å². The standard InChI is InChI=1S/C12H14N6O/c1-7-9(11(13)19)10(8-3-2-4-14-5-8)18-12(17-7)15-6-16-18/h2-7,9-10H,1H3,(H2,13,19)(H,15,16,17). The van der Waals surface area contributed by atoms with Crippen molar-refractivity contribution in [3.05, 3.63) is 36.4 Å². The highest BCUT2D eigenvalue weighted by molar-refractivity contribution is 5.79. The third kappa shape index (κ3) is 1.83. The van der Waals surface area contributed by atoms with E-state index in [0.29, 0.717) is 5.95 Å². The van der Waals surface area contributed by atoms with Crippen LogP contribution in [0.15, 0.2) is 30.9 Å². The van der Waals surface area contributed by atoms with Gasteiger partial charge in [-0.25, -0.2) is 4.68 Å². The molecule has 3 N–H and O–H groups in total. The number of pyridine rings is 1. The number of amides is 1. The highest BCUT2D eigenvalue weighted by Gasteiger charge is 2.40. The normalized spacial score (nSPS) is 25.4. The summed E-state index contributed by atoms with van der Waals surface area (Å²) in [6.07, 6.45) is 4.88. The number of rotatable bonds is 2. The Morgan fingerprint density at radius 1 is 1.53 bits per heavy atom. The number of anilines is 1. The van der Waals surface area contributed by atoms with Crippen molar-refractivity contribution in [3.63, 3.8) is 0 Å². The van der Waals surface area contributed by atoms with Gasteiger partial charge in [0.25, 0.3) is 0 Å². The minimum Gasteiger partial charge on any atom is -0.369 e. The minimum atomic E-state index is -0.404. The highest BCUT2D eigenvalue weighted by atomic mass is 16.1. The van der Waals surface area contributed by atoms with Crippen LogP contribution in [0, 0.1) is 5.92 Å². The number of nitrogens with one attached hydrogen (secondary N) is 1. The van der Waals surface area contributed by atoms with Crippen molar-refractivity contribution in [1.82, 2.24) is 19.7 Å². The first kappa shape index (κ1) is 11.6. The lowest BCUT2D eigenvalue weighted by Gasteiger charge is -2.35. The van der Waals surface area contributed by atoms with Crippen LogP contribution in [0.3, 0.4) is 0 Å². The first-order valence-corrected chi connectivity index (χ1v) is 6.04. The summed E-state index contributed by atoms with van der Waals surface area (Å²) in [6, 6.07) is 3.35. The number of nitrogens with zero attached hydrogens (tertiary/aromatic N) is 4. The molecule has 98 valence electrons.